The van der Waals surface area contributed by atoms with E-state index in [9.17, 15) is 4.79 Å². The second-order valence-electron chi connectivity index (χ2n) is 11.4. The van der Waals surface area contributed by atoms with Crippen LogP contribution < -0.4 is 5.32 Å². The third-order valence-electron chi connectivity index (χ3n) is 8.22. The quantitative estimate of drug-likeness (QED) is 0.118. The van der Waals surface area contributed by atoms with Crippen molar-refractivity contribution in [2.45, 2.75) is 83.0 Å². The molecule has 2 aromatic rings. The van der Waals surface area contributed by atoms with E-state index in [4.69, 9.17) is 19.7 Å². The number of nitrogens with zero attached hydrogens (tertiary/aromatic N) is 7. The van der Waals surface area contributed by atoms with Crippen molar-refractivity contribution in [3.05, 3.63) is 58.0 Å². The summed E-state index contributed by atoms with van der Waals surface area (Å²) in [6.45, 7) is 9.60. The van der Waals surface area contributed by atoms with Crippen molar-refractivity contribution in [2.75, 3.05) is 52.7 Å². The lowest BCUT2D eigenvalue weighted by Gasteiger charge is -2.40. The number of carbonyl (C=O) groups excluding carboxylic acids is 1. The van der Waals surface area contributed by atoms with Gasteiger partial charge in [0, 0.05) is 42.0 Å². The van der Waals surface area contributed by atoms with Gasteiger partial charge < -0.3 is 24.1 Å². The molecule has 0 saturated carbocycles. The van der Waals surface area contributed by atoms with Crippen LogP contribution in [0.15, 0.2) is 35.4 Å². The van der Waals surface area contributed by atoms with E-state index in [0.717, 1.165) is 43.0 Å². The number of azide groups is 1. The van der Waals surface area contributed by atoms with Crippen LogP contribution in [-0.4, -0.2) is 90.4 Å². The van der Waals surface area contributed by atoms with E-state index in [-0.39, 0.29) is 18.6 Å². The maximum absolute atomic E-state index is 12.8. The summed E-state index contributed by atoms with van der Waals surface area (Å²) < 4.78 is 18.7. The molecule has 42 heavy (non-hydrogen) atoms. The van der Waals surface area contributed by atoms with Crippen LogP contribution in [0.1, 0.15) is 81.2 Å². The molecule has 3 atom stereocenters. The van der Waals surface area contributed by atoms with Gasteiger partial charge >= 0.3 is 0 Å². The number of ether oxygens (including phenoxy) is 3. The van der Waals surface area contributed by atoms with Gasteiger partial charge in [0.25, 0.3) is 0 Å². The molecule has 1 amide bonds. The Kier molecular flexibility index (Phi) is 12.6. The van der Waals surface area contributed by atoms with Gasteiger partial charge in [-0.15, -0.1) is 10.2 Å². The first kappa shape index (κ1) is 31.9. The largest absolute Gasteiger partial charge is 0.379 e. The Morgan fingerprint density at radius 2 is 1.69 bits per heavy atom. The van der Waals surface area contributed by atoms with E-state index >= 15 is 0 Å². The number of amides is 1. The summed E-state index contributed by atoms with van der Waals surface area (Å²) in [5.41, 5.74) is 9.34. The van der Waals surface area contributed by atoms with E-state index in [0.29, 0.717) is 63.6 Å². The number of rotatable bonds is 18. The fourth-order valence-corrected chi connectivity index (χ4v) is 6.33. The summed E-state index contributed by atoms with van der Waals surface area (Å²) in [5, 5.41) is 15.5. The molecule has 2 aliphatic rings. The molecule has 2 bridgehead atoms. The number of nitrogens with one attached hydrogen (secondary N) is 1. The lowest BCUT2D eigenvalue weighted by Crippen LogP contribution is -2.45. The molecule has 230 valence electrons. The number of fused-ring (bicyclic) bond motifs is 2. The highest BCUT2D eigenvalue weighted by Gasteiger charge is 2.42. The number of aromatic nitrogens is 3. The molecule has 0 spiro atoms. The highest BCUT2D eigenvalue weighted by atomic mass is 16.5. The Balaban J connectivity index is 1.22. The van der Waals surface area contributed by atoms with Gasteiger partial charge in [-0.25, -0.2) is 0 Å². The van der Waals surface area contributed by atoms with E-state index < -0.39 is 0 Å². The predicted molar refractivity (Wildman–Crippen MR) is 159 cm³/mol. The Hall–Kier alpha value is -3.02. The summed E-state index contributed by atoms with van der Waals surface area (Å²) in [6.07, 6.45) is 5.53. The van der Waals surface area contributed by atoms with Gasteiger partial charge in [0.1, 0.15) is 18.3 Å². The van der Waals surface area contributed by atoms with Crippen molar-refractivity contribution in [1.29, 1.82) is 0 Å². The van der Waals surface area contributed by atoms with Crippen molar-refractivity contribution in [2.24, 2.45) is 5.11 Å². The monoisotopic (exact) mass is 582 g/mol. The van der Waals surface area contributed by atoms with Gasteiger partial charge in [0.05, 0.1) is 39.1 Å². The first-order valence-electron chi connectivity index (χ1n) is 15.2. The minimum absolute atomic E-state index is 0.0114. The molecule has 2 aliphatic heterocycles. The van der Waals surface area contributed by atoms with Crippen LogP contribution in [0, 0.1) is 6.92 Å². The van der Waals surface area contributed by atoms with Gasteiger partial charge in [-0.3, -0.25) is 9.69 Å². The lowest BCUT2D eigenvalue weighted by atomic mass is 9.95. The smallest absolute Gasteiger partial charge is 0.246 e. The molecule has 1 aromatic carbocycles. The molecule has 2 fully saturated rings. The molecule has 1 N–H and O–H groups in total. The summed E-state index contributed by atoms with van der Waals surface area (Å²) in [6, 6.07) is 11.7. The summed E-state index contributed by atoms with van der Waals surface area (Å²) in [7, 11) is 0. The molecular weight excluding hydrogens is 536 g/mol. The SMILES string of the molecule is Cc1nnc(C(C)C)n1C1CC2CCC(C1)N2CC[C@H](NC(=O)COCCOCCOCCN=[N+]=[N-])c1ccccc1. The highest BCUT2D eigenvalue weighted by molar-refractivity contribution is 5.77. The summed E-state index contributed by atoms with van der Waals surface area (Å²) in [5.74, 6) is 2.34. The van der Waals surface area contributed by atoms with Crippen LogP contribution in [0.3, 0.4) is 0 Å². The normalized spacial score (nSPS) is 20.9. The van der Waals surface area contributed by atoms with Gasteiger partial charge in [0.2, 0.25) is 5.91 Å². The zero-order valence-electron chi connectivity index (χ0n) is 25.2. The van der Waals surface area contributed by atoms with Crippen molar-refractivity contribution < 1.29 is 19.0 Å². The fraction of sp³-hybridized carbons (Fsp3) is 0.700. The Bertz CT molecular complexity index is 1140. The lowest BCUT2D eigenvalue weighted by molar-refractivity contribution is -0.127. The average molecular weight is 583 g/mol. The van der Waals surface area contributed by atoms with Crippen LogP contribution in [0.4, 0.5) is 0 Å². The average Bonchev–Trinajstić information content (AvgIpc) is 3.49. The van der Waals surface area contributed by atoms with Gasteiger partial charge in [-0.05, 0) is 50.1 Å². The predicted octanol–water partition coefficient (Wildman–Crippen LogP) is 4.49. The second kappa shape index (κ2) is 16.6. The molecule has 2 unspecified atom stereocenters. The Labute approximate surface area is 248 Å². The number of hydrogen-bond acceptors (Lipinski definition) is 8. The van der Waals surface area contributed by atoms with Crippen LogP contribution in [0.25, 0.3) is 10.4 Å². The number of piperidine rings is 1. The topological polar surface area (TPSA) is 140 Å². The Morgan fingerprint density at radius 1 is 1.02 bits per heavy atom. The second-order valence-corrected chi connectivity index (χ2v) is 11.4. The number of carbonyl (C=O) groups is 1. The maximum atomic E-state index is 12.8. The first-order valence-corrected chi connectivity index (χ1v) is 15.2. The molecule has 12 nitrogen and oxygen atoms in total. The number of aryl methyl sites for hydroxylation is 1. The molecular formula is C30H46N8O4. The van der Waals surface area contributed by atoms with Gasteiger partial charge in [0.15, 0.2) is 0 Å². The molecule has 1 aromatic heterocycles. The molecule has 12 heteroatoms. The van der Waals surface area contributed by atoms with Crippen LogP contribution in [0.5, 0.6) is 0 Å². The van der Waals surface area contributed by atoms with Crippen molar-refractivity contribution >= 4 is 5.91 Å². The fourth-order valence-electron chi connectivity index (χ4n) is 6.33. The molecule has 2 saturated heterocycles. The van der Waals surface area contributed by atoms with Gasteiger partial charge in [-0.1, -0.05) is 49.3 Å². The maximum Gasteiger partial charge on any atom is 0.246 e. The van der Waals surface area contributed by atoms with E-state index in [1.54, 1.807) is 0 Å². The number of benzene rings is 1. The molecule has 0 aliphatic carbocycles. The zero-order chi connectivity index (χ0) is 29.7. The minimum atomic E-state index is -0.129. The Morgan fingerprint density at radius 3 is 2.36 bits per heavy atom. The van der Waals surface area contributed by atoms with Crippen LogP contribution in [0.2, 0.25) is 0 Å². The van der Waals surface area contributed by atoms with Crippen molar-refractivity contribution in [3.63, 3.8) is 0 Å². The van der Waals surface area contributed by atoms with Crippen LogP contribution in [-0.2, 0) is 19.0 Å². The minimum Gasteiger partial charge on any atom is -0.379 e. The van der Waals surface area contributed by atoms with Crippen molar-refractivity contribution in [1.82, 2.24) is 25.0 Å². The molecule has 3 heterocycles. The molecule has 0 radical (unpaired) electrons. The van der Waals surface area contributed by atoms with E-state index in [2.05, 4.69) is 67.9 Å². The highest BCUT2D eigenvalue weighted by Crippen LogP contribution is 2.42. The zero-order valence-corrected chi connectivity index (χ0v) is 25.2. The first-order chi connectivity index (χ1) is 20.5. The third-order valence-corrected chi connectivity index (χ3v) is 8.22. The summed E-state index contributed by atoms with van der Waals surface area (Å²) >= 11 is 0. The van der Waals surface area contributed by atoms with E-state index in [1.165, 1.54) is 12.8 Å². The van der Waals surface area contributed by atoms with E-state index in [1.807, 2.05) is 18.2 Å². The third kappa shape index (κ3) is 8.99. The number of hydrogen-bond donors (Lipinski definition) is 1. The standard InChI is InChI=1S/C30H46N8O4/c1-22(2)30-35-34-23(3)38(30)27-19-25-9-10-26(20-27)37(25)13-11-28(24-7-5-4-6-8-24)33-29(39)21-42-18-17-41-16-15-40-14-12-32-36-31/h4-8,22,25-28H,9-21H2,1-3H3,(H,33,39)/t25?,26?,27?,28-/m0/s1. The van der Waals surface area contributed by atoms with Crippen molar-refractivity contribution in [3.8, 4) is 0 Å². The van der Waals surface area contributed by atoms with Crippen LogP contribution >= 0.6 is 0 Å². The van der Waals surface area contributed by atoms with Gasteiger partial charge in [-0.2, -0.15) is 0 Å². The summed E-state index contributed by atoms with van der Waals surface area (Å²) in [4.78, 5) is 18.2. The molecule has 4 rings (SSSR count).